The first-order valence-corrected chi connectivity index (χ1v) is 6.80. The highest BCUT2D eigenvalue weighted by Gasteiger charge is 2.18. The summed E-state index contributed by atoms with van der Waals surface area (Å²) in [5.74, 6) is 0.788. The highest BCUT2D eigenvalue weighted by atomic mass is 35.5. The molecule has 0 unspecified atom stereocenters. The van der Waals surface area contributed by atoms with Crippen molar-refractivity contribution in [3.05, 3.63) is 32.3 Å². The van der Waals surface area contributed by atoms with Crippen molar-refractivity contribution in [2.75, 3.05) is 19.7 Å². The molecule has 0 aromatic heterocycles. The monoisotopic (exact) mass is 304 g/mol. The lowest BCUT2D eigenvalue weighted by Gasteiger charge is -2.23. The third-order valence-corrected chi connectivity index (χ3v) is 3.68. The summed E-state index contributed by atoms with van der Waals surface area (Å²) in [5.41, 5.74) is -0.135. The van der Waals surface area contributed by atoms with Gasteiger partial charge in [-0.25, -0.2) is 0 Å². The van der Waals surface area contributed by atoms with Gasteiger partial charge in [0.25, 0.3) is 5.69 Å². The number of halogens is 2. The molecule has 0 atom stereocenters. The van der Waals surface area contributed by atoms with Crippen LogP contribution in [0, 0.1) is 16.0 Å². The molecule has 1 aliphatic rings. The zero-order valence-electron chi connectivity index (χ0n) is 10.2. The molecule has 1 saturated heterocycles. The molecule has 104 valence electrons. The number of nitrogens with one attached hydrogen (secondary N) is 1. The van der Waals surface area contributed by atoms with Crippen LogP contribution in [0.2, 0.25) is 10.0 Å². The maximum absolute atomic E-state index is 10.7. The molecule has 0 radical (unpaired) electrons. The quantitative estimate of drug-likeness (QED) is 0.685. The Bertz CT molecular complexity index is 453. The number of benzene rings is 1. The molecule has 0 saturated carbocycles. The fourth-order valence-electron chi connectivity index (χ4n) is 2.04. The molecule has 0 spiro atoms. The molecule has 19 heavy (non-hydrogen) atoms. The van der Waals surface area contributed by atoms with Crippen molar-refractivity contribution < 1.29 is 9.66 Å². The minimum atomic E-state index is -0.533. The summed E-state index contributed by atoms with van der Waals surface area (Å²) in [4.78, 5) is 10.1. The molecule has 0 bridgehead atoms. The number of non-ortho nitro benzene ring substituents is 1. The average Bonchev–Trinajstić information content (AvgIpc) is 2.38. The number of nitro groups is 1. The van der Waals surface area contributed by atoms with Gasteiger partial charge in [-0.2, -0.15) is 0 Å². The molecule has 7 heteroatoms. The van der Waals surface area contributed by atoms with E-state index < -0.39 is 4.92 Å². The molecular weight excluding hydrogens is 291 g/mol. The van der Waals surface area contributed by atoms with Crippen molar-refractivity contribution >= 4 is 28.9 Å². The van der Waals surface area contributed by atoms with Gasteiger partial charge in [0.2, 0.25) is 0 Å². The molecule has 0 aliphatic carbocycles. The van der Waals surface area contributed by atoms with E-state index in [1.807, 2.05) is 0 Å². The summed E-state index contributed by atoms with van der Waals surface area (Å²) in [6.07, 6.45) is 2.09. The fraction of sp³-hybridized carbons (Fsp3) is 0.500. The smallest absolute Gasteiger partial charge is 0.272 e. The molecule has 1 aromatic rings. The van der Waals surface area contributed by atoms with Crippen LogP contribution in [0.3, 0.4) is 0 Å². The molecule has 1 N–H and O–H groups in total. The number of nitrogens with zero attached hydrogens (tertiary/aromatic N) is 1. The first-order valence-electron chi connectivity index (χ1n) is 6.05. The van der Waals surface area contributed by atoms with Gasteiger partial charge in [-0.3, -0.25) is 10.1 Å². The van der Waals surface area contributed by atoms with Crippen LogP contribution >= 0.6 is 23.2 Å². The molecule has 1 aliphatic heterocycles. The molecule has 1 aromatic carbocycles. The van der Waals surface area contributed by atoms with Gasteiger partial charge in [-0.05, 0) is 31.8 Å². The van der Waals surface area contributed by atoms with E-state index in [-0.39, 0.29) is 15.7 Å². The molecule has 5 nitrogen and oxygen atoms in total. The van der Waals surface area contributed by atoms with Crippen molar-refractivity contribution in [3.8, 4) is 5.75 Å². The Labute approximate surface area is 121 Å². The van der Waals surface area contributed by atoms with Crippen LogP contribution in [-0.2, 0) is 0 Å². The topological polar surface area (TPSA) is 64.4 Å². The summed E-state index contributed by atoms with van der Waals surface area (Å²) in [5, 5.41) is 14.3. The number of rotatable bonds is 4. The van der Waals surface area contributed by atoms with E-state index in [1.54, 1.807) is 0 Å². The van der Waals surface area contributed by atoms with Gasteiger partial charge in [-0.15, -0.1) is 0 Å². The largest absolute Gasteiger partial charge is 0.490 e. The van der Waals surface area contributed by atoms with E-state index in [4.69, 9.17) is 27.9 Å². The minimum Gasteiger partial charge on any atom is -0.490 e. The van der Waals surface area contributed by atoms with Crippen molar-refractivity contribution in [1.82, 2.24) is 5.32 Å². The van der Waals surface area contributed by atoms with E-state index in [0.717, 1.165) is 25.9 Å². The second-order valence-electron chi connectivity index (χ2n) is 4.50. The van der Waals surface area contributed by atoms with E-state index in [9.17, 15) is 10.1 Å². The SMILES string of the molecule is O=[N+]([O-])c1cc(Cl)c(OCC2CCNCC2)c(Cl)c1. The molecule has 1 heterocycles. The van der Waals surface area contributed by atoms with Gasteiger partial charge in [0, 0.05) is 12.1 Å². The van der Waals surface area contributed by atoms with Gasteiger partial charge in [-0.1, -0.05) is 23.2 Å². The van der Waals surface area contributed by atoms with Gasteiger partial charge >= 0.3 is 0 Å². The van der Waals surface area contributed by atoms with Crippen LogP contribution in [0.4, 0.5) is 5.69 Å². The van der Waals surface area contributed by atoms with Crippen LogP contribution < -0.4 is 10.1 Å². The van der Waals surface area contributed by atoms with Crippen LogP contribution in [0.25, 0.3) is 0 Å². The molecule has 0 amide bonds. The van der Waals surface area contributed by atoms with E-state index in [0.29, 0.717) is 18.3 Å². The van der Waals surface area contributed by atoms with Gasteiger partial charge < -0.3 is 10.1 Å². The summed E-state index contributed by atoms with van der Waals surface area (Å²) in [6, 6.07) is 2.51. The number of hydrogen-bond donors (Lipinski definition) is 1. The van der Waals surface area contributed by atoms with Crippen molar-refractivity contribution in [1.29, 1.82) is 0 Å². The van der Waals surface area contributed by atoms with E-state index in [2.05, 4.69) is 5.32 Å². The molecule has 1 fully saturated rings. The minimum absolute atomic E-state index is 0.135. The van der Waals surface area contributed by atoms with Crippen molar-refractivity contribution in [2.45, 2.75) is 12.8 Å². The predicted molar refractivity (Wildman–Crippen MR) is 74.2 cm³/mol. The molecular formula is C12H14Cl2N2O3. The summed E-state index contributed by atoms with van der Waals surface area (Å²) in [7, 11) is 0. The van der Waals surface area contributed by atoms with Crippen LogP contribution in [0.15, 0.2) is 12.1 Å². The lowest BCUT2D eigenvalue weighted by Crippen LogP contribution is -2.30. The highest BCUT2D eigenvalue weighted by Crippen LogP contribution is 2.37. The van der Waals surface area contributed by atoms with Crippen LogP contribution in [0.1, 0.15) is 12.8 Å². The maximum atomic E-state index is 10.7. The second kappa shape index (κ2) is 6.41. The Morgan fingerprint density at radius 3 is 2.42 bits per heavy atom. The summed E-state index contributed by atoms with van der Waals surface area (Å²) in [6.45, 7) is 2.49. The maximum Gasteiger partial charge on any atom is 0.272 e. The van der Waals surface area contributed by atoms with E-state index in [1.165, 1.54) is 12.1 Å². The van der Waals surface area contributed by atoms with Crippen LogP contribution in [0.5, 0.6) is 5.75 Å². The van der Waals surface area contributed by atoms with Gasteiger partial charge in [0.1, 0.15) is 0 Å². The Balaban J connectivity index is 2.05. The Kier molecular flexibility index (Phi) is 4.85. The first-order chi connectivity index (χ1) is 9.08. The second-order valence-corrected chi connectivity index (χ2v) is 5.31. The van der Waals surface area contributed by atoms with Crippen LogP contribution in [-0.4, -0.2) is 24.6 Å². The summed E-state index contributed by atoms with van der Waals surface area (Å²) >= 11 is 11.9. The van der Waals surface area contributed by atoms with E-state index >= 15 is 0 Å². The van der Waals surface area contributed by atoms with Gasteiger partial charge in [0.15, 0.2) is 5.75 Å². The zero-order valence-corrected chi connectivity index (χ0v) is 11.7. The number of hydrogen-bond acceptors (Lipinski definition) is 4. The third-order valence-electron chi connectivity index (χ3n) is 3.12. The Hall–Kier alpha value is -1.04. The zero-order chi connectivity index (χ0) is 13.8. The normalized spacial score (nSPS) is 16.3. The number of piperidine rings is 1. The van der Waals surface area contributed by atoms with Crippen molar-refractivity contribution in [2.24, 2.45) is 5.92 Å². The van der Waals surface area contributed by atoms with Gasteiger partial charge in [0.05, 0.1) is 21.6 Å². The highest BCUT2D eigenvalue weighted by molar-refractivity contribution is 6.37. The third kappa shape index (κ3) is 3.72. The molecule has 2 rings (SSSR count). The Morgan fingerprint density at radius 1 is 1.32 bits per heavy atom. The number of ether oxygens (including phenoxy) is 1. The Morgan fingerprint density at radius 2 is 1.89 bits per heavy atom. The first kappa shape index (κ1) is 14.4. The summed E-state index contributed by atoms with van der Waals surface area (Å²) < 4.78 is 5.63. The predicted octanol–water partition coefficient (Wildman–Crippen LogP) is 3.28. The lowest BCUT2D eigenvalue weighted by molar-refractivity contribution is -0.384. The lowest BCUT2D eigenvalue weighted by atomic mass is 9.99. The van der Waals surface area contributed by atoms with Crippen molar-refractivity contribution in [3.63, 3.8) is 0 Å². The average molecular weight is 305 g/mol. The fourth-order valence-corrected chi connectivity index (χ4v) is 2.62. The number of nitro benzene ring substituents is 1. The standard InChI is InChI=1S/C12H14Cl2N2O3/c13-10-5-9(16(17)18)6-11(14)12(10)19-7-8-1-3-15-4-2-8/h5-6,8,15H,1-4,7H2.